The van der Waals surface area contributed by atoms with Crippen LogP contribution in [0.3, 0.4) is 0 Å². The van der Waals surface area contributed by atoms with E-state index in [1.165, 1.54) is 12.8 Å². The second kappa shape index (κ2) is 9.84. The van der Waals surface area contributed by atoms with Crippen LogP contribution in [0.2, 0.25) is 0 Å². The molecule has 2 aromatic heterocycles. The molecule has 0 aromatic carbocycles. The first-order valence-corrected chi connectivity index (χ1v) is 14.9. The molecule has 212 valence electrons. The zero-order chi connectivity index (χ0) is 27.5. The van der Waals surface area contributed by atoms with Crippen molar-refractivity contribution in [3.63, 3.8) is 0 Å². The summed E-state index contributed by atoms with van der Waals surface area (Å²) in [6.07, 6.45) is 9.39. The van der Waals surface area contributed by atoms with Gasteiger partial charge in [0.15, 0.2) is 17.3 Å². The van der Waals surface area contributed by atoms with Crippen molar-refractivity contribution in [1.29, 1.82) is 0 Å². The highest BCUT2D eigenvalue weighted by Crippen LogP contribution is 2.48. The molecule has 2 fully saturated rings. The average molecular weight is 537 g/mol. The minimum Gasteiger partial charge on any atom is -0.389 e. The van der Waals surface area contributed by atoms with Gasteiger partial charge in [0.2, 0.25) is 0 Å². The van der Waals surface area contributed by atoms with Crippen LogP contribution < -0.4 is 9.80 Å². The standard InChI is InChI=1S/C30H44N6O3/c1-19(22-11-9-16-34(22)4)36-17-13-21-27(35(5)18-29(2,3)38)31-26(32-28(21)36)24-20-10-8-15-30(25(20)39-33-24)14-7-6-12-23(30)37/h19,22,38H,6-18H2,1-5H3/t19?,22-,30+/m0/s1. The molecule has 1 saturated carbocycles. The lowest BCUT2D eigenvalue weighted by Gasteiger charge is -2.36. The predicted octanol–water partition coefficient (Wildman–Crippen LogP) is 3.90. The minimum atomic E-state index is -0.869. The van der Waals surface area contributed by atoms with E-state index >= 15 is 0 Å². The Bertz CT molecular complexity index is 1250. The monoisotopic (exact) mass is 536 g/mol. The van der Waals surface area contributed by atoms with Gasteiger partial charge in [0, 0.05) is 49.8 Å². The highest BCUT2D eigenvalue weighted by Gasteiger charge is 2.49. The minimum absolute atomic E-state index is 0.304. The van der Waals surface area contributed by atoms with Crippen molar-refractivity contribution in [3.05, 3.63) is 16.9 Å². The van der Waals surface area contributed by atoms with Crippen LogP contribution in [-0.2, 0) is 23.1 Å². The van der Waals surface area contributed by atoms with Crippen LogP contribution in [0.5, 0.6) is 0 Å². The Labute approximate surface area is 231 Å². The molecule has 39 heavy (non-hydrogen) atoms. The van der Waals surface area contributed by atoms with E-state index in [4.69, 9.17) is 14.5 Å². The molecule has 1 unspecified atom stereocenters. The molecule has 0 amide bonds. The van der Waals surface area contributed by atoms with Crippen LogP contribution in [0.1, 0.15) is 89.0 Å². The number of rotatable bonds is 6. The number of aromatic nitrogens is 3. The summed E-state index contributed by atoms with van der Waals surface area (Å²) in [6, 6.07) is 0.812. The number of ketones is 1. The highest BCUT2D eigenvalue weighted by molar-refractivity contribution is 5.91. The number of carbonyl (C=O) groups is 1. The molecule has 1 saturated heterocycles. The Hall–Kier alpha value is -2.52. The quantitative estimate of drug-likeness (QED) is 0.589. The third-order valence-electron chi connectivity index (χ3n) is 9.71. The van der Waals surface area contributed by atoms with Crippen molar-refractivity contribution in [2.24, 2.45) is 0 Å². The maximum absolute atomic E-state index is 13.2. The Kier molecular flexibility index (Phi) is 6.73. The third-order valence-corrected chi connectivity index (χ3v) is 9.71. The number of hydrogen-bond donors (Lipinski definition) is 1. The molecule has 2 aromatic rings. The van der Waals surface area contributed by atoms with Gasteiger partial charge in [-0.05, 0) is 85.7 Å². The van der Waals surface area contributed by atoms with E-state index in [2.05, 4.69) is 33.8 Å². The predicted molar refractivity (Wildman–Crippen MR) is 151 cm³/mol. The van der Waals surface area contributed by atoms with Crippen molar-refractivity contribution in [1.82, 2.24) is 20.0 Å². The van der Waals surface area contributed by atoms with Crippen LogP contribution in [0.25, 0.3) is 11.5 Å². The zero-order valence-electron chi connectivity index (χ0n) is 24.3. The number of aliphatic hydroxyl groups is 1. The Morgan fingerprint density at radius 1 is 1.10 bits per heavy atom. The molecule has 2 aliphatic heterocycles. The Morgan fingerprint density at radius 2 is 1.90 bits per heavy atom. The summed E-state index contributed by atoms with van der Waals surface area (Å²) in [4.78, 5) is 30.5. The van der Waals surface area contributed by atoms with Gasteiger partial charge in [-0.2, -0.15) is 0 Å². The average Bonchev–Trinajstić information content (AvgIpc) is 3.62. The van der Waals surface area contributed by atoms with Gasteiger partial charge in [0.25, 0.3) is 0 Å². The molecule has 3 atom stereocenters. The highest BCUT2D eigenvalue weighted by atomic mass is 16.5. The van der Waals surface area contributed by atoms with Gasteiger partial charge >= 0.3 is 0 Å². The fourth-order valence-electron chi connectivity index (χ4n) is 7.86. The Morgan fingerprint density at radius 3 is 2.62 bits per heavy atom. The summed E-state index contributed by atoms with van der Waals surface area (Å²) >= 11 is 0. The number of carbonyl (C=O) groups excluding carboxylic acids is 1. The van der Waals surface area contributed by atoms with Crippen molar-refractivity contribution >= 4 is 17.4 Å². The van der Waals surface area contributed by atoms with Crippen molar-refractivity contribution in [2.45, 2.75) is 108 Å². The van der Waals surface area contributed by atoms with Gasteiger partial charge in [-0.25, -0.2) is 9.97 Å². The molecule has 4 aliphatic rings. The Balaban J connectivity index is 1.45. The molecule has 9 heteroatoms. The van der Waals surface area contributed by atoms with E-state index in [9.17, 15) is 9.90 Å². The molecular weight excluding hydrogens is 492 g/mol. The topological polar surface area (TPSA) is 98.8 Å². The summed E-state index contributed by atoms with van der Waals surface area (Å²) in [5, 5.41) is 15.2. The smallest absolute Gasteiger partial charge is 0.186 e. The van der Waals surface area contributed by atoms with Crippen LogP contribution in [0, 0.1) is 0 Å². The third kappa shape index (κ3) is 4.55. The van der Waals surface area contributed by atoms with Crippen molar-refractivity contribution < 1.29 is 14.4 Å². The maximum Gasteiger partial charge on any atom is 0.186 e. The molecule has 6 rings (SSSR count). The van der Waals surface area contributed by atoms with Crippen LogP contribution in [0.4, 0.5) is 11.6 Å². The van der Waals surface area contributed by atoms with Gasteiger partial charge in [0.05, 0.1) is 11.0 Å². The number of nitrogens with zero attached hydrogens (tertiary/aromatic N) is 6. The first kappa shape index (κ1) is 26.7. The first-order chi connectivity index (χ1) is 18.6. The molecule has 1 spiro atoms. The zero-order valence-corrected chi connectivity index (χ0v) is 24.3. The SMILES string of the molecule is CC([C@@H]1CCCN1C)N1CCc2c(N(C)CC(C)(C)O)nc(-c3noc4c3CCC[C@@]43CCCCC3=O)nc21. The summed E-state index contributed by atoms with van der Waals surface area (Å²) in [5.74, 6) is 3.46. The van der Waals surface area contributed by atoms with E-state index < -0.39 is 11.0 Å². The van der Waals surface area contributed by atoms with Crippen molar-refractivity contribution in [3.8, 4) is 11.5 Å². The number of anilines is 2. The summed E-state index contributed by atoms with van der Waals surface area (Å²) in [7, 11) is 4.22. The second-order valence-electron chi connectivity index (χ2n) is 13.1. The maximum atomic E-state index is 13.2. The molecule has 0 bridgehead atoms. The second-order valence-corrected chi connectivity index (χ2v) is 13.1. The lowest BCUT2D eigenvalue weighted by molar-refractivity contribution is -0.128. The summed E-state index contributed by atoms with van der Waals surface area (Å²) in [6.45, 7) is 8.45. The van der Waals surface area contributed by atoms with E-state index in [-0.39, 0.29) is 0 Å². The van der Waals surface area contributed by atoms with E-state index in [1.807, 2.05) is 20.9 Å². The lowest BCUT2D eigenvalue weighted by atomic mass is 9.64. The molecule has 2 aliphatic carbocycles. The number of hydrogen-bond acceptors (Lipinski definition) is 9. The lowest BCUT2D eigenvalue weighted by Crippen LogP contribution is -2.46. The van der Waals surface area contributed by atoms with Gasteiger partial charge in [-0.3, -0.25) is 4.79 Å². The normalized spacial score (nSPS) is 26.3. The van der Waals surface area contributed by atoms with E-state index in [0.29, 0.717) is 42.4 Å². The fourth-order valence-corrected chi connectivity index (χ4v) is 7.86. The van der Waals surface area contributed by atoms with Gasteiger partial charge in [0.1, 0.15) is 17.4 Å². The van der Waals surface area contributed by atoms with E-state index in [0.717, 1.165) is 86.6 Å². The number of fused-ring (bicyclic) bond motifs is 3. The number of Topliss-reactive ketones (excluding diaryl/α,β-unsaturated/α-hetero) is 1. The number of likely N-dealkylation sites (N-methyl/N-ethyl adjacent to an activating group) is 2. The van der Waals surface area contributed by atoms with Gasteiger partial charge < -0.3 is 24.3 Å². The molecule has 0 radical (unpaired) electrons. The molecular formula is C30H44N6O3. The summed E-state index contributed by atoms with van der Waals surface area (Å²) in [5.41, 5.74) is 1.43. The molecule has 1 N–H and O–H groups in total. The van der Waals surface area contributed by atoms with Gasteiger partial charge in [-0.1, -0.05) is 11.6 Å². The number of likely N-dealkylation sites (tertiary alicyclic amines) is 1. The fraction of sp³-hybridized carbons (Fsp3) is 0.733. The van der Waals surface area contributed by atoms with Crippen LogP contribution >= 0.6 is 0 Å². The van der Waals surface area contributed by atoms with Gasteiger partial charge in [-0.15, -0.1) is 0 Å². The van der Waals surface area contributed by atoms with Crippen molar-refractivity contribution in [2.75, 3.05) is 43.5 Å². The molecule has 9 nitrogen and oxygen atoms in total. The largest absolute Gasteiger partial charge is 0.389 e. The summed E-state index contributed by atoms with van der Waals surface area (Å²) < 4.78 is 6.05. The van der Waals surface area contributed by atoms with Crippen LogP contribution in [0.15, 0.2) is 4.52 Å². The first-order valence-electron chi connectivity index (χ1n) is 14.9. The van der Waals surface area contributed by atoms with Crippen LogP contribution in [-0.4, -0.2) is 82.3 Å². The van der Waals surface area contributed by atoms with E-state index in [1.54, 1.807) is 0 Å². The molecule has 4 heterocycles.